The molecule has 0 spiro atoms. The largest absolute Gasteiger partial charge is 0.379 e. The summed E-state index contributed by atoms with van der Waals surface area (Å²) in [5.74, 6) is 0. The zero-order chi connectivity index (χ0) is 20.6. The Hall–Kier alpha value is -0.240. The average Bonchev–Trinajstić information content (AvgIpc) is 2.69. The number of hydrogen-bond donors (Lipinski definition) is 1. The van der Waals surface area contributed by atoms with Crippen molar-refractivity contribution in [1.29, 1.82) is 0 Å². The summed E-state index contributed by atoms with van der Waals surface area (Å²) >= 11 is 0. The van der Waals surface area contributed by atoms with Crippen LogP contribution in [0.3, 0.4) is 0 Å². The number of ether oxygens (including phenoxy) is 5. The van der Waals surface area contributed by atoms with Crippen LogP contribution < -0.4 is 0 Å². The van der Waals surface area contributed by atoms with Crippen molar-refractivity contribution in [2.24, 2.45) is 0 Å². The molecule has 1 aliphatic heterocycles. The Bertz CT molecular complexity index is 354. The molecule has 28 heavy (non-hydrogen) atoms. The zero-order valence-electron chi connectivity index (χ0n) is 18.6. The van der Waals surface area contributed by atoms with Crippen LogP contribution in [0.15, 0.2) is 0 Å². The van der Waals surface area contributed by atoms with E-state index in [1.54, 1.807) is 0 Å². The van der Waals surface area contributed by atoms with Crippen molar-refractivity contribution in [3.8, 4) is 0 Å². The summed E-state index contributed by atoms with van der Waals surface area (Å²) in [6, 6.07) is 0. The third-order valence-corrected chi connectivity index (χ3v) is 4.96. The lowest BCUT2D eigenvalue weighted by Gasteiger charge is -2.44. The van der Waals surface area contributed by atoms with E-state index in [-0.39, 0.29) is 18.3 Å². The molecule has 0 bridgehead atoms. The molecule has 168 valence electrons. The van der Waals surface area contributed by atoms with E-state index in [4.69, 9.17) is 23.7 Å². The molecule has 6 nitrogen and oxygen atoms in total. The number of rotatable bonds is 17. The molecule has 1 saturated heterocycles. The van der Waals surface area contributed by atoms with Gasteiger partial charge in [-0.05, 0) is 25.7 Å². The van der Waals surface area contributed by atoms with Crippen LogP contribution in [-0.4, -0.2) is 68.8 Å². The second kappa shape index (κ2) is 16.5. The van der Waals surface area contributed by atoms with Gasteiger partial charge in [0.2, 0.25) is 0 Å². The molecule has 0 amide bonds. The van der Waals surface area contributed by atoms with Crippen molar-refractivity contribution < 1.29 is 28.8 Å². The lowest BCUT2D eigenvalue weighted by atomic mass is 9.98. The summed E-state index contributed by atoms with van der Waals surface area (Å²) < 4.78 is 30.1. The second-order valence-electron chi connectivity index (χ2n) is 7.56. The minimum absolute atomic E-state index is 0.306. The quantitative estimate of drug-likeness (QED) is 0.369. The van der Waals surface area contributed by atoms with E-state index >= 15 is 0 Å². The molecule has 1 aliphatic rings. The van der Waals surface area contributed by atoms with Gasteiger partial charge in [-0.1, -0.05) is 53.4 Å². The molecule has 0 radical (unpaired) electrons. The summed E-state index contributed by atoms with van der Waals surface area (Å²) in [5, 5.41) is 10.6. The standard InChI is InChI=1S/C22H44O6/c1-5-9-13-24-17-18-19(25-14-10-6-2)20(26-15-11-7-3)21(22(23)28-18)27-16-12-8-4/h18-23H,5-17H2,1-4H3/t18?,19-,20+,21?,22+/m1/s1. The van der Waals surface area contributed by atoms with Gasteiger partial charge in [-0.2, -0.15) is 0 Å². The van der Waals surface area contributed by atoms with Crippen LogP contribution in [0.2, 0.25) is 0 Å². The van der Waals surface area contributed by atoms with Gasteiger partial charge >= 0.3 is 0 Å². The van der Waals surface area contributed by atoms with Crippen molar-refractivity contribution in [2.75, 3.05) is 33.0 Å². The van der Waals surface area contributed by atoms with Gasteiger partial charge in [0.15, 0.2) is 6.29 Å². The van der Waals surface area contributed by atoms with Crippen LogP contribution in [0, 0.1) is 0 Å². The SMILES string of the molecule is CCCCOCC1O[C@H](O)C(OCCCC)[C@@H](OCCCC)[C@@H]1OCCCC. The smallest absolute Gasteiger partial charge is 0.184 e. The Morgan fingerprint density at radius 1 is 0.643 bits per heavy atom. The summed E-state index contributed by atoms with van der Waals surface area (Å²) in [6.45, 7) is 11.5. The maximum Gasteiger partial charge on any atom is 0.184 e. The Labute approximate surface area is 172 Å². The molecule has 0 aromatic carbocycles. The maximum absolute atomic E-state index is 10.6. The van der Waals surface area contributed by atoms with Gasteiger partial charge in [-0.3, -0.25) is 0 Å². The first-order chi connectivity index (χ1) is 13.7. The molecule has 0 aromatic heterocycles. The van der Waals surface area contributed by atoms with Crippen LogP contribution >= 0.6 is 0 Å². The normalized spacial score (nSPS) is 28.0. The molecule has 5 atom stereocenters. The van der Waals surface area contributed by atoms with Crippen LogP contribution in [0.5, 0.6) is 0 Å². The molecule has 6 heteroatoms. The monoisotopic (exact) mass is 404 g/mol. The Balaban J connectivity index is 2.84. The Morgan fingerprint density at radius 2 is 1.11 bits per heavy atom. The molecular weight excluding hydrogens is 360 g/mol. The highest BCUT2D eigenvalue weighted by Gasteiger charge is 2.47. The topological polar surface area (TPSA) is 66.4 Å². The van der Waals surface area contributed by atoms with Crippen molar-refractivity contribution in [3.05, 3.63) is 0 Å². The summed E-state index contributed by atoms with van der Waals surface area (Å²) in [7, 11) is 0. The number of aliphatic hydroxyl groups is 1. The molecule has 0 aromatic rings. The molecule has 1 fully saturated rings. The van der Waals surface area contributed by atoms with Crippen LogP contribution in [0.4, 0.5) is 0 Å². The van der Waals surface area contributed by atoms with Gasteiger partial charge in [-0.25, -0.2) is 0 Å². The fraction of sp³-hybridized carbons (Fsp3) is 1.00. The number of aliphatic hydroxyl groups excluding tert-OH is 1. The van der Waals surface area contributed by atoms with E-state index in [9.17, 15) is 5.11 Å². The van der Waals surface area contributed by atoms with Crippen molar-refractivity contribution in [2.45, 2.75) is 110 Å². The van der Waals surface area contributed by atoms with E-state index in [1.807, 2.05) is 0 Å². The third-order valence-electron chi connectivity index (χ3n) is 4.96. The van der Waals surface area contributed by atoms with Gasteiger partial charge in [0.1, 0.15) is 24.4 Å². The van der Waals surface area contributed by atoms with E-state index in [0.29, 0.717) is 33.0 Å². The number of unbranched alkanes of at least 4 members (excludes halogenated alkanes) is 4. The first-order valence-corrected chi connectivity index (χ1v) is 11.5. The van der Waals surface area contributed by atoms with Crippen LogP contribution in [0.1, 0.15) is 79.1 Å². The predicted octanol–water partition coefficient (Wildman–Crippen LogP) is 4.08. The molecule has 1 rings (SSSR count). The van der Waals surface area contributed by atoms with Gasteiger partial charge in [-0.15, -0.1) is 0 Å². The average molecular weight is 405 g/mol. The highest BCUT2D eigenvalue weighted by molar-refractivity contribution is 4.92. The molecule has 2 unspecified atom stereocenters. The highest BCUT2D eigenvalue weighted by Crippen LogP contribution is 2.28. The summed E-state index contributed by atoms with van der Waals surface area (Å²) in [4.78, 5) is 0. The van der Waals surface area contributed by atoms with E-state index in [0.717, 1.165) is 51.4 Å². The molecule has 1 N–H and O–H groups in total. The van der Waals surface area contributed by atoms with Crippen LogP contribution in [-0.2, 0) is 23.7 Å². The van der Waals surface area contributed by atoms with Gasteiger partial charge in [0.25, 0.3) is 0 Å². The van der Waals surface area contributed by atoms with Crippen molar-refractivity contribution in [1.82, 2.24) is 0 Å². The molecule has 1 heterocycles. The number of hydrogen-bond acceptors (Lipinski definition) is 6. The Morgan fingerprint density at radius 3 is 1.64 bits per heavy atom. The van der Waals surface area contributed by atoms with E-state index in [1.165, 1.54) is 0 Å². The minimum atomic E-state index is -1.03. The first kappa shape index (κ1) is 25.8. The Kier molecular flexibility index (Phi) is 15.2. The zero-order valence-corrected chi connectivity index (χ0v) is 18.6. The lowest BCUT2D eigenvalue weighted by Crippen LogP contribution is -2.61. The van der Waals surface area contributed by atoms with Gasteiger partial charge in [0.05, 0.1) is 6.61 Å². The molecule has 0 aliphatic carbocycles. The molecular formula is C22H44O6. The van der Waals surface area contributed by atoms with E-state index in [2.05, 4.69) is 27.7 Å². The van der Waals surface area contributed by atoms with Crippen LogP contribution in [0.25, 0.3) is 0 Å². The predicted molar refractivity (Wildman–Crippen MR) is 111 cm³/mol. The fourth-order valence-electron chi connectivity index (χ4n) is 3.13. The van der Waals surface area contributed by atoms with E-state index < -0.39 is 12.4 Å². The summed E-state index contributed by atoms with van der Waals surface area (Å²) in [6.07, 6.45) is 5.53. The van der Waals surface area contributed by atoms with Gasteiger partial charge in [0, 0.05) is 26.4 Å². The summed E-state index contributed by atoms with van der Waals surface area (Å²) in [5.41, 5.74) is 0. The third kappa shape index (κ3) is 9.51. The highest BCUT2D eigenvalue weighted by atomic mass is 16.7. The van der Waals surface area contributed by atoms with Gasteiger partial charge < -0.3 is 28.8 Å². The maximum atomic E-state index is 10.6. The fourth-order valence-corrected chi connectivity index (χ4v) is 3.13. The van der Waals surface area contributed by atoms with Crippen molar-refractivity contribution >= 4 is 0 Å². The minimum Gasteiger partial charge on any atom is -0.379 e. The first-order valence-electron chi connectivity index (χ1n) is 11.5. The second-order valence-corrected chi connectivity index (χ2v) is 7.56. The lowest BCUT2D eigenvalue weighted by molar-refractivity contribution is -0.312. The molecule has 0 saturated carbocycles. The van der Waals surface area contributed by atoms with Crippen molar-refractivity contribution in [3.63, 3.8) is 0 Å².